The van der Waals surface area contributed by atoms with Gasteiger partial charge in [0.15, 0.2) is 0 Å². The summed E-state index contributed by atoms with van der Waals surface area (Å²) in [5, 5.41) is 0. The number of hydrogen-bond acceptors (Lipinski definition) is 3. The van der Waals surface area contributed by atoms with Crippen molar-refractivity contribution >= 4 is 0 Å². The maximum atomic E-state index is 7.47. The van der Waals surface area contributed by atoms with Gasteiger partial charge in [0.25, 0.3) is 0 Å². The first-order chi connectivity index (χ1) is 22.3. The first-order valence-electron chi connectivity index (χ1n) is 15.7. The zero-order valence-corrected chi connectivity index (χ0v) is 25.0. The highest BCUT2D eigenvalue weighted by molar-refractivity contribution is 5.81. The SMILES string of the molecule is c1ccc(-c2cccc(-c3ccccc3)c2C(OC(c2c(-c3ccccc3)cccc2-c2ccccc2)C2CO2)C2CO2)cc1. The van der Waals surface area contributed by atoms with Gasteiger partial charge >= 0.3 is 0 Å². The minimum absolute atomic E-state index is 0.0531. The van der Waals surface area contributed by atoms with E-state index >= 15 is 0 Å². The first kappa shape index (κ1) is 27.7. The van der Waals surface area contributed by atoms with E-state index < -0.39 is 0 Å². The van der Waals surface area contributed by atoms with Crippen LogP contribution in [0.2, 0.25) is 0 Å². The molecule has 2 heterocycles. The van der Waals surface area contributed by atoms with E-state index in [9.17, 15) is 0 Å². The molecule has 0 aliphatic carbocycles. The molecule has 3 nitrogen and oxygen atoms in total. The Balaban J connectivity index is 1.32. The van der Waals surface area contributed by atoms with Gasteiger partial charge in [-0.05, 0) is 55.6 Å². The molecular formula is C42H34O3. The van der Waals surface area contributed by atoms with Crippen LogP contribution in [-0.4, -0.2) is 25.4 Å². The molecular weight excluding hydrogens is 552 g/mol. The summed E-state index contributed by atoms with van der Waals surface area (Å²) in [6.45, 7) is 1.32. The minimum Gasteiger partial charge on any atom is -0.370 e. The van der Waals surface area contributed by atoms with E-state index in [2.05, 4.69) is 158 Å². The smallest absolute Gasteiger partial charge is 0.113 e. The van der Waals surface area contributed by atoms with Gasteiger partial charge in [0, 0.05) is 0 Å². The van der Waals surface area contributed by atoms with Crippen LogP contribution in [0.1, 0.15) is 23.3 Å². The summed E-state index contributed by atoms with van der Waals surface area (Å²) in [5.74, 6) is 0. The van der Waals surface area contributed by atoms with E-state index in [1.807, 2.05) is 0 Å². The topological polar surface area (TPSA) is 34.3 Å². The van der Waals surface area contributed by atoms with Crippen molar-refractivity contribution in [1.82, 2.24) is 0 Å². The second kappa shape index (κ2) is 12.3. The Bertz CT molecular complexity index is 1620. The number of benzene rings is 6. The van der Waals surface area contributed by atoms with Gasteiger partial charge < -0.3 is 14.2 Å². The van der Waals surface area contributed by atoms with Crippen molar-refractivity contribution in [3.63, 3.8) is 0 Å². The largest absolute Gasteiger partial charge is 0.370 e. The van der Waals surface area contributed by atoms with Crippen molar-refractivity contribution in [2.75, 3.05) is 13.2 Å². The van der Waals surface area contributed by atoms with Crippen molar-refractivity contribution in [2.24, 2.45) is 0 Å². The van der Waals surface area contributed by atoms with E-state index in [1.54, 1.807) is 0 Å². The standard InChI is InChI=1S/C42H34O3/c1-5-15-29(16-6-1)33-23-13-24-34(30-17-7-2-8-18-30)39(33)41(37-27-43-37)45-42(38-28-44-38)40-35(31-19-9-3-10-20-31)25-14-26-36(40)32-21-11-4-12-22-32/h1-26,37-38,41-42H,27-28H2. The van der Waals surface area contributed by atoms with Crippen LogP contribution < -0.4 is 0 Å². The van der Waals surface area contributed by atoms with Crippen LogP contribution in [0.4, 0.5) is 0 Å². The lowest BCUT2D eigenvalue weighted by atomic mass is 9.86. The molecule has 4 atom stereocenters. The highest BCUT2D eigenvalue weighted by atomic mass is 16.6. The highest BCUT2D eigenvalue weighted by Crippen LogP contribution is 2.49. The molecule has 2 aliphatic rings. The van der Waals surface area contributed by atoms with Gasteiger partial charge in [0.05, 0.1) is 13.2 Å². The molecule has 0 amide bonds. The summed E-state index contributed by atoms with van der Waals surface area (Å²) in [6, 6.07) is 55.6. The van der Waals surface area contributed by atoms with Gasteiger partial charge in [0.2, 0.25) is 0 Å². The van der Waals surface area contributed by atoms with Gasteiger partial charge in [-0.3, -0.25) is 0 Å². The quantitative estimate of drug-likeness (QED) is 0.150. The third-order valence-electron chi connectivity index (χ3n) is 8.81. The van der Waals surface area contributed by atoms with Gasteiger partial charge in [-0.2, -0.15) is 0 Å². The number of hydrogen-bond donors (Lipinski definition) is 0. The molecule has 8 rings (SSSR count). The van der Waals surface area contributed by atoms with E-state index in [0.29, 0.717) is 13.2 Å². The molecule has 3 heteroatoms. The van der Waals surface area contributed by atoms with Crippen molar-refractivity contribution < 1.29 is 14.2 Å². The molecule has 2 fully saturated rings. The molecule has 0 saturated carbocycles. The molecule has 0 radical (unpaired) electrons. The molecule has 2 aliphatic heterocycles. The molecule has 45 heavy (non-hydrogen) atoms. The lowest BCUT2D eigenvalue weighted by Crippen LogP contribution is -2.21. The van der Waals surface area contributed by atoms with E-state index in [0.717, 1.165) is 55.6 Å². The zero-order valence-electron chi connectivity index (χ0n) is 25.0. The van der Waals surface area contributed by atoms with Crippen LogP contribution in [0.25, 0.3) is 44.5 Å². The summed E-state index contributed by atoms with van der Waals surface area (Å²) in [5.41, 5.74) is 11.6. The third-order valence-corrected chi connectivity index (χ3v) is 8.81. The number of rotatable bonds is 10. The second-order valence-corrected chi connectivity index (χ2v) is 11.7. The predicted octanol–water partition coefficient (Wildman–Crippen LogP) is 9.95. The predicted molar refractivity (Wildman–Crippen MR) is 181 cm³/mol. The monoisotopic (exact) mass is 586 g/mol. The lowest BCUT2D eigenvalue weighted by molar-refractivity contribution is -0.0408. The van der Waals surface area contributed by atoms with E-state index in [1.165, 1.54) is 0 Å². The van der Waals surface area contributed by atoms with Crippen LogP contribution in [0.3, 0.4) is 0 Å². The fourth-order valence-electron chi connectivity index (χ4n) is 6.52. The summed E-state index contributed by atoms with van der Waals surface area (Å²) < 4.78 is 19.7. The van der Waals surface area contributed by atoms with Crippen LogP contribution in [0.15, 0.2) is 158 Å². The maximum absolute atomic E-state index is 7.47. The fourth-order valence-corrected chi connectivity index (χ4v) is 6.52. The molecule has 0 aromatic heterocycles. The Labute approximate surface area is 264 Å². The Morgan fingerprint density at radius 1 is 0.378 bits per heavy atom. The van der Waals surface area contributed by atoms with E-state index in [4.69, 9.17) is 14.2 Å². The summed E-state index contributed by atoms with van der Waals surface area (Å²) in [7, 11) is 0. The Morgan fingerprint density at radius 2 is 0.644 bits per heavy atom. The summed E-state index contributed by atoms with van der Waals surface area (Å²) in [6.07, 6.45) is -0.721. The van der Waals surface area contributed by atoms with Crippen molar-refractivity contribution in [2.45, 2.75) is 24.4 Å². The van der Waals surface area contributed by atoms with Gasteiger partial charge in [-0.25, -0.2) is 0 Å². The van der Waals surface area contributed by atoms with Crippen molar-refractivity contribution in [3.8, 4) is 44.5 Å². The molecule has 0 spiro atoms. The molecule has 0 N–H and O–H groups in total. The normalized spacial score (nSPS) is 18.2. The molecule has 2 saturated heterocycles. The average Bonchev–Trinajstić information content (AvgIpc) is 4.06. The third kappa shape index (κ3) is 5.74. The van der Waals surface area contributed by atoms with Crippen LogP contribution >= 0.6 is 0 Å². The number of epoxide rings is 2. The van der Waals surface area contributed by atoms with Crippen LogP contribution in [-0.2, 0) is 14.2 Å². The van der Waals surface area contributed by atoms with E-state index in [-0.39, 0.29) is 24.4 Å². The molecule has 4 unspecified atom stereocenters. The summed E-state index contributed by atoms with van der Waals surface area (Å²) >= 11 is 0. The molecule has 0 bridgehead atoms. The Hall–Kier alpha value is -4.80. The lowest BCUT2D eigenvalue weighted by Gasteiger charge is -2.30. The Morgan fingerprint density at radius 3 is 0.889 bits per heavy atom. The fraction of sp³-hybridized carbons (Fsp3) is 0.143. The van der Waals surface area contributed by atoms with Crippen LogP contribution in [0.5, 0.6) is 0 Å². The molecule has 6 aromatic carbocycles. The van der Waals surface area contributed by atoms with Crippen molar-refractivity contribution in [1.29, 1.82) is 0 Å². The van der Waals surface area contributed by atoms with Crippen LogP contribution in [0, 0.1) is 0 Å². The molecule has 220 valence electrons. The van der Waals surface area contributed by atoms with Gasteiger partial charge in [0.1, 0.15) is 24.4 Å². The highest BCUT2D eigenvalue weighted by Gasteiger charge is 2.45. The van der Waals surface area contributed by atoms with Crippen molar-refractivity contribution in [3.05, 3.63) is 169 Å². The first-order valence-corrected chi connectivity index (χ1v) is 15.7. The number of ether oxygens (including phenoxy) is 3. The van der Waals surface area contributed by atoms with Gasteiger partial charge in [-0.1, -0.05) is 158 Å². The average molecular weight is 587 g/mol. The Kier molecular flexibility index (Phi) is 7.58. The minimum atomic E-state index is -0.307. The summed E-state index contributed by atoms with van der Waals surface area (Å²) in [4.78, 5) is 0. The van der Waals surface area contributed by atoms with Gasteiger partial charge in [-0.15, -0.1) is 0 Å². The molecule has 6 aromatic rings. The second-order valence-electron chi connectivity index (χ2n) is 11.7. The maximum Gasteiger partial charge on any atom is 0.113 e. The zero-order chi connectivity index (χ0) is 30.0.